The number of benzene rings is 1. The predicted molar refractivity (Wildman–Crippen MR) is 134 cm³/mol. The van der Waals surface area contributed by atoms with Crippen LogP contribution in [0.15, 0.2) is 18.2 Å². The number of ether oxygens (including phenoxy) is 4. The van der Waals surface area contributed by atoms with E-state index in [4.69, 9.17) is 18.9 Å². The van der Waals surface area contributed by atoms with Gasteiger partial charge in [0.25, 0.3) is 0 Å². The third-order valence-corrected chi connectivity index (χ3v) is 7.90. The predicted octanol–water partition coefficient (Wildman–Crippen LogP) is 5.50. The highest BCUT2D eigenvalue weighted by atomic mass is 16.7. The summed E-state index contributed by atoms with van der Waals surface area (Å²) in [7, 11) is 1.38. The van der Waals surface area contributed by atoms with Gasteiger partial charge in [0, 0.05) is 24.8 Å². The van der Waals surface area contributed by atoms with Crippen molar-refractivity contribution in [3.63, 3.8) is 0 Å². The number of rotatable bonds is 8. The van der Waals surface area contributed by atoms with Gasteiger partial charge in [-0.3, -0.25) is 4.79 Å². The van der Waals surface area contributed by atoms with E-state index in [9.17, 15) is 9.59 Å². The molecule has 7 heteroatoms. The maximum atomic E-state index is 14.1. The Balaban J connectivity index is 1.64. The van der Waals surface area contributed by atoms with Crippen molar-refractivity contribution in [1.82, 2.24) is 0 Å². The van der Waals surface area contributed by atoms with E-state index in [1.54, 1.807) is 6.07 Å². The summed E-state index contributed by atoms with van der Waals surface area (Å²) in [4.78, 5) is 28.9. The second kappa shape index (κ2) is 11.7. The van der Waals surface area contributed by atoms with Crippen LogP contribution in [0.2, 0.25) is 0 Å². The van der Waals surface area contributed by atoms with Gasteiger partial charge in [0.15, 0.2) is 5.79 Å². The van der Waals surface area contributed by atoms with Gasteiger partial charge in [-0.05, 0) is 69.1 Å². The Bertz CT molecular complexity index is 862. The molecule has 4 rings (SSSR count). The summed E-state index contributed by atoms with van der Waals surface area (Å²) in [6.45, 7) is 6.20. The van der Waals surface area contributed by atoms with Gasteiger partial charge in [0.1, 0.15) is 5.75 Å². The van der Waals surface area contributed by atoms with Crippen LogP contribution in [0.5, 0.6) is 5.75 Å². The van der Waals surface area contributed by atoms with Crippen molar-refractivity contribution in [3.05, 3.63) is 23.8 Å². The largest absolute Gasteiger partial charge is 0.494 e. The number of amides is 1. The third kappa shape index (κ3) is 6.00. The summed E-state index contributed by atoms with van der Waals surface area (Å²) in [5.74, 6) is 0.419. The molecule has 1 heterocycles. The van der Waals surface area contributed by atoms with Crippen molar-refractivity contribution in [2.24, 2.45) is 11.8 Å². The minimum absolute atomic E-state index is 0.0180. The quantitative estimate of drug-likeness (QED) is 0.356. The second-order valence-corrected chi connectivity index (χ2v) is 10.4. The molecule has 0 atom stereocenters. The zero-order valence-corrected chi connectivity index (χ0v) is 21.6. The Morgan fingerprint density at radius 3 is 2.37 bits per heavy atom. The Morgan fingerprint density at radius 2 is 1.74 bits per heavy atom. The van der Waals surface area contributed by atoms with Crippen molar-refractivity contribution < 1.29 is 28.5 Å². The number of esters is 1. The van der Waals surface area contributed by atoms with E-state index in [-0.39, 0.29) is 17.9 Å². The monoisotopic (exact) mass is 487 g/mol. The molecule has 3 fully saturated rings. The molecule has 0 N–H and O–H groups in total. The summed E-state index contributed by atoms with van der Waals surface area (Å²) in [5, 5.41) is 0. The van der Waals surface area contributed by atoms with Crippen molar-refractivity contribution >= 4 is 17.6 Å². The van der Waals surface area contributed by atoms with Gasteiger partial charge in [-0.1, -0.05) is 20.3 Å². The minimum Gasteiger partial charge on any atom is -0.494 e. The van der Waals surface area contributed by atoms with Crippen LogP contribution in [0.3, 0.4) is 0 Å². The molecule has 7 nitrogen and oxygen atoms in total. The summed E-state index contributed by atoms with van der Waals surface area (Å²) in [6, 6.07) is 5.45. The van der Waals surface area contributed by atoms with Crippen LogP contribution in [-0.4, -0.2) is 50.6 Å². The fraction of sp³-hybridized carbons (Fsp3) is 0.714. The first-order chi connectivity index (χ1) is 17.0. The topological polar surface area (TPSA) is 74.3 Å². The lowest BCUT2D eigenvalue weighted by Gasteiger charge is -2.42. The van der Waals surface area contributed by atoms with Gasteiger partial charge in [0.05, 0.1) is 38.2 Å². The number of nitrogens with zero attached hydrogens (tertiary/aromatic N) is 1. The summed E-state index contributed by atoms with van der Waals surface area (Å²) < 4.78 is 22.9. The molecule has 1 aromatic rings. The smallest absolute Gasteiger partial charge is 0.340 e. The molecule has 1 aliphatic heterocycles. The van der Waals surface area contributed by atoms with E-state index < -0.39 is 11.8 Å². The lowest BCUT2D eigenvalue weighted by atomic mass is 9.81. The zero-order chi connectivity index (χ0) is 24.8. The maximum Gasteiger partial charge on any atom is 0.340 e. The molecule has 35 heavy (non-hydrogen) atoms. The molecule has 2 aliphatic carbocycles. The SMILES string of the molecule is CCCCOc1ccc(N(C(=O)C2CCC(C)CC2)C2CCC3(CC2)OCCO3)c(C(=O)OC)c1. The van der Waals surface area contributed by atoms with Gasteiger partial charge in [-0.25, -0.2) is 4.79 Å². The number of carbonyl (C=O) groups excluding carboxylic acids is 2. The van der Waals surface area contributed by atoms with Gasteiger partial charge in [-0.15, -0.1) is 0 Å². The second-order valence-electron chi connectivity index (χ2n) is 10.4. The molecule has 2 saturated carbocycles. The van der Waals surface area contributed by atoms with Crippen LogP contribution in [0.25, 0.3) is 0 Å². The van der Waals surface area contributed by atoms with Crippen molar-refractivity contribution in [3.8, 4) is 5.75 Å². The molecule has 1 saturated heterocycles. The molecular formula is C28H41NO6. The van der Waals surface area contributed by atoms with Gasteiger partial charge in [-0.2, -0.15) is 0 Å². The van der Waals surface area contributed by atoms with E-state index in [1.165, 1.54) is 7.11 Å². The number of methoxy groups -OCH3 is 1. The Hall–Kier alpha value is -2.12. The van der Waals surface area contributed by atoms with E-state index in [2.05, 4.69) is 13.8 Å². The summed E-state index contributed by atoms with van der Waals surface area (Å²) >= 11 is 0. The Kier molecular flexibility index (Phi) is 8.71. The van der Waals surface area contributed by atoms with E-state index in [0.29, 0.717) is 42.7 Å². The number of anilines is 1. The first kappa shape index (κ1) is 26.0. The molecule has 3 aliphatic rings. The van der Waals surface area contributed by atoms with Crippen LogP contribution in [-0.2, 0) is 19.0 Å². The highest BCUT2D eigenvalue weighted by Crippen LogP contribution is 2.41. The van der Waals surface area contributed by atoms with Crippen molar-refractivity contribution in [1.29, 1.82) is 0 Å². The molecule has 0 bridgehead atoms. The first-order valence-corrected chi connectivity index (χ1v) is 13.4. The van der Waals surface area contributed by atoms with E-state index in [0.717, 1.165) is 64.2 Å². The highest BCUT2D eigenvalue weighted by Gasteiger charge is 2.44. The van der Waals surface area contributed by atoms with Gasteiger partial charge >= 0.3 is 5.97 Å². The number of unbranched alkanes of at least 4 members (excludes halogenated alkanes) is 1. The minimum atomic E-state index is -0.506. The van der Waals surface area contributed by atoms with E-state index in [1.807, 2.05) is 17.0 Å². The van der Waals surface area contributed by atoms with Crippen LogP contribution in [0, 0.1) is 11.8 Å². The molecule has 0 aromatic heterocycles. The summed E-state index contributed by atoms with van der Waals surface area (Å²) in [5.41, 5.74) is 1.00. The lowest BCUT2D eigenvalue weighted by Crippen LogP contribution is -2.49. The molecule has 0 unspecified atom stereocenters. The van der Waals surface area contributed by atoms with Crippen molar-refractivity contribution in [2.75, 3.05) is 31.8 Å². The lowest BCUT2D eigenvalue weighted by molar-refractivity contribution is -0.179. The van der Waals surface area contributed by atoms with E-state index >= 15 is 0 Å². The third-order valence-electron chi connectivity index (χ3n) is 7.90. The normalized spacial score (nSPS) is 24.3. The molecule has 1 aromatic carbocycles. The van der Waals surface area contributed by atoms with Crippen LogP contribution >= 0.6 is 0 Å². The molecule has 1 amide bonds. The number of hydrogen-bond acceptors (Lipinski definition) is 6. The Morgan fingerprint density at radius 1 is 1.06 bits per heavy atom. The highest BCUT2D eigenvalue weighted by molar-refractivity contribution is 6.04. The fourth-order valence-corrected chi connectivity index (χ4v) is 5.71. The van der Waals surface area contributed by atoms with Gasteiger partial charge in [0.2, 0.25) is 5.91 Å². The molecule has 1 spiro atoms. The molecule has 0 radical (unpaired) electrons. The molecular weight excluding hydrogens is 446 g/mol. The maximum absolute atomic E-state index is 14.1. The zero-order valence-electron chi connectivity index (χ0n) is 21.6. The average molecular weight is 488 g/mol. The van der Waals surface area contributed by atoms with Crippen LogP contribution in [0.1, 0.15) is 88.4 Å². The number of carbonyl (C=O) groups is 2. The van der Waals surface area contributed by atoms with Crippen LogP contribution < -0.4 is 9.64 Å². The fourth-order valence-electron chi connectivity index (χ4n) is 5.71. The Labute approximate surface area is 209 Å². The summed E-state index contributed by atoms with van der Waals surface area (Å²) in [6.07, 6.45) is 8.91. The van der Waals surface area contributed by atoms with Gasteiger partial charge < -0.3 is 23.8 Å². The standard InChI is InChI=1S/C28H41NO6/c1-4-5-16-33-23-10-11-25(24(19-23)27(31)32-3)29(26(30)21-8-6-20(2)7-9-21)22-12-14-28(15-13-22)34-17-18-35-28/h10-11,19-22H,4-9,12-18H2,1-3H3. The van der Waals surface area contributed by atoms with Crippen molar-refractivity contribution in [2.45, 2.75) is 89.9 Å². The first-order valence-electron chi connectivity index (χ1n) is 13.4. The average Bonchev–Trinajstić information content (AvgIpc) is 3.34. The van der Waals surface area contributed by atoms with Crippen LogP contribution in [0.4, 0.5) is 5.69 Å². The number of hydrogen-bond donors (Lipinski definition) is 0. The molecule has 194 valence electrons.